The van der Waals surface area contributed by atoms with Crippen molar-refractivity contribution in [2.75, 3.05) is 0 Å². The summed E-state index contributed by atoms with van der Waals surface area (Å²) in [5, 5.41) is 75.2. The number of carboxylic acid groups (broad SMARTS) is 7. The Bertz CT molecular complexity index is 2220. The Morgan fingerprint density at radius 3 is 1.63 bits per heavy atom. The third-order valence-electron chi connectivity index (χ3n) is 15.3. The molecule has 18 nitrogen and oxygen atoms in total. The van der Waals surface area contributed by atoms with Crippen LogP contribution in [0.4, 0.5) is 0 Å². The van der Waals surface area contributed by atoms with Gasteiger partial charge < -0.3 is 41.1 Å². The van der Waals surface area contributed by atoms with Gasteiger partial charge in [0, 0.05) is 99.5 Å². The Balaban J connectivity index is 2.02. The lowest BCUT2D eigenvalue weighted by atomic mass is 9.56. The van der Waals surface area contributed by atoms with Crippen LogP contribution in [0.25, 0.3) is 0 Å². The predicted octanol–water partition coefficient (Wildman–Crippen LogP) is 5.92. The van der Waals surface area contributed by atoms with Gasteiger partial charge in [0.1, 0.15) is 0 Å². The first-order valence-electron chi connectivity index (χ1n) is 21.3. The number of nitrogens with one attached hydrogen (secondary N) is 1. The Hall–Kier alpha value is -5.68. The van der Waals surface area contributed by atoms with Crippen LogP contribution < -0.4 is 5.32 Å². The molecule has 5 aliphatic rings. The van der Waals surface area contributed by atoms with Crippen molar-refractivity contribution in [1.82, 2.24) is 5.32 Å². The number of hydrogen-bond acceptors (Lipinski definition) is 11. The highest BCUT2D eigenvalue weighted by Crippen LogP contribution is 2.62. The average molecular weight is 881 g/mol. The first-order valence-corrected chi connectivity index (χ1v) is 21.3. The van der Waals surface area contributed by atoms with Crippen molar-refractivity contribution < 1.29 is 69.3 Å². The van der Waals surface area contributed by atoms with Crippen LogP contribution in [0, 0.1) is 45.3 Å². The summed E-state index contributed by atoms with van der Waals surface area (Å²) in [6.07, 6.45) is -1.48. The summed E-state index contributed by atoms with van der Waals surface area (Å²) in [5.74, 6) is -11.5. The molecule has 5 aliphatic heterocycles. The zero-order chi connectivity index (χ0) is 47.4. The molecule has 0 radical (unpaired) electrons. The molecule has 1 fully saturated rings. The van der Waals surface area contributed by atoms with Gasteiger partial charge in [-0.15, -0.1) is 0 Å². The standard InChI is InChI=1S/C45H60N4O14/c1-21-36-24(10-13-30(52)53)41(3,4)28(47-36)18-27-23(9-12-29(50)51)43(6,19-34(60)61)39(46-27)22(2)37-25(11-14-31(54)55)44(7,20-35(62)63)45(8,49-37)40-26(17-33(58)59)42(5,38(21)48-40)16-15-32(56)57/h18,23-26,40,48H,9-17,19-20H2,1-8H3,(H,50,51)(H,52,53)(H,54,55)(H,56,57)(H,58,59)(H,60,61)(H,62,63)/b28-18-,38-21-,39-22-/t23-,24-,25-,26+,40?,42-,43+,44+,45-/m1/s1. The largest absolute Gasteiger partial charge is 0.481 e. The first-order chi connectivity index (χ1) is 29.0. The molecule has 5 heterocycles. The summed E-state index contributed by atoms with van der Waals surface area (Å²) in [7, 11) is 0. The lowest BCUT2D eigenvalue weighted by molar-refractivity contribution is -0.144. The summed E-state index contributed by atoms with van der Waals surface area (Å²) in [5.41, 5.74) is -3.67. The van der Waals surface area contributed by atoms with E-state index in [0.29, 0.717) is 34.0 Å². The number of allylic oxidation sites excluding steroid dienone is 6. The molecular weight excluding hydrogens is 821 g/mol. The van der Waals surface area contributed by atoms with Crippen LogP contribution in [-0.4, -0.2) is 106 Å². The quantitative estimate of drug-likeness (QED) is 0.0792. The van der Waals surface area contributed by atoms with Crippen LogP contribution in [0.3, 0.4) is 0 Å². The van der Waals surface area contributed by atoms with E-state index in [1.165, 1.54) is 0 Å². The molecule has 0 saturated carbocycles. The van der Waals surface area contributed by atoms with E-state index in [2.05, 4.69) is 5.32 Å². The SMILES string of the molecule is C/C1=C2/NC([C@H](CC(=O)O)[C@@]2(C)CCC(=O)O)[C@@]2(C)N=C(/C(C)=C3N=C(/C=C4N=C1[C@@H](CCC(=O)O)C\4(C)C)[C@@H](CCC(=O)O)[C@]\3(C)CC(=O)O)[C@@H](CCC(=O)O)[C@]2(C)CC(=O)O. The lowest BCUT2D eigenvalue weighted by Crippen LogP contribution is -2.58. The maximum absolute atomic E-state index is 13.1. The Morgan fingerprint density at radius 2 is 1.13 bits per heavy atom. The van der Waals surface area contributed by atoms with E-state index in [1.54, 1.807) is 47.6 Å². The third-order valence-corrected chi connectivity index (χ3v) is 15.3. The molecule has 63 heavy (non-hydrogen) atoms. The van der Waals surface area contributed by atoms with Gasteiger partial charge in [0.05, 0.1) is 36.5 Å². The minimum absolute atomic E-state index is 0.0464. The highest BCUT2D eigenvalue weighted by Gasteiger charge is 2.67. The predicted molar refractivity (Wildman–Crippen MR) is 227 cm³/mol. The van der Waals surface area contributed by atoms with Gasteiger partial charge >= 0.3 is 41.8 Å². The van der Waals surface area contributed by atoms with Crippen molar-refractivity contribution >= 4 is 58.9 Å². The number of fused-ring (bicyclic) bond motifs is 6. The second-order valence-electron chi connectivity index (χ2n) is 19.5. The molecule has 8 N–H and O–H groups in total. The van der Waals surface area contributed by atoms with Crippen LogP contribution in [0.15, 0.2) is 49.3 Å². The molecule has 8 bridgehead atoms. The molecule has 5 rings (SSSR count). The lowest BCUT2D eigenvalue weighted by Gasteiger charge is -2.48. The Morgan fingerprint density at radius 1 is 0.603 bits per heavy atom. The molecular formula is C45H60N4O14. The maximum Gasteiger partial charge on any atom is 0.304 e. The highest BCUT2D eigenvalue weighted by molar-refractivity contribution is 6.10. The molecule has 0 amide bonds. The van der Waals surface area contributed by atoms with Gasteiger partial charge in [0.25, 0.3) is 0 Å². The highest BCUT2D eigenvalue weighted by atomic mass is 16.4. The van der Waals surface area contributed by atoms with Crippen molar-refractivity contribution in [1.29, 1.82) is 0 Å². The Kier molecular flexibility index (Phi) is 13.1. The average Bonchev–Trinajstić information content (AvgIpc) is 3.75. The van der Waals surface area contributed by atoms with Crippen molar-refractivity contribution in [3.63, 3.8) is 0 Å². The van der Waals surface area contributed by atoms with Crippen molar-refractivity contribution in [2.45, 2.75) is 138 Å². The van der Waals surface area contributed by atoms with E-state index in [1.807, 2.05) is 13.8 Å². The summed E-state index contributed by atoms with van der Waals surface area (Å²) in [6, 6.07) is -1.03. The van der Waals surface area contributed by atoms with Gasteiger partial charge in [-0.05, 0) is 63.7 Å². The molecule has 18 heteroatoms. The fraction of sp³-hybridized carbons (Fsp3) is 0.644. The van der Waals surface area contributed by atoms with E-state index >= 15 is 0 Å². The van der Waals surface area contributed by atoms with Gasteiger partial charge in [0.15, 0.2) is 0 Å². The molecule has 344 valence electrons. The van der Waals surface area contributed by atoms with Gasteiger partial charge in [-0.25, -0.2) is 0 Å². The minimum Gasteiger partial charge on any atom is -0.481 e. The number of aliphatic carboxylic acids is 7. The van der Waals surface area contributed by atoms with E-state index < -0.39 is 124 Å². The fourth-order valence-electron chi connectivity index (χ4n) is 11.8. The summed E-state index contributed by atoms with van der Waals surface area (Å²) in [4.78, 5) is 103. The number of carboxylic acids is 7. The maximum atomic E-state index is 13.1. The molecule has 9 atom stereocenters. The summed E-state index contributed by atoms with van der Waals surface area (Å²) in [6.45, 7) is 14.0. The van der Waals surface area contributed by atoms with Crippen molar-refractivity contribution in [2.24, 2.45) is 60.3 Å². The van der Waals surface area contributed by atoms with Gasteiger partial charge in [-0.2, -0.15) is 0 Å². The molecule has 1 saturated heterocycles. The van der Waals surface area contributed by atoms with E-state index in [9.17, 15) is 69.3 Å². The number of rotatable bonds is 18. The molecule has 0 aromatic rings. The molecule has 0 aliphatic carbocycles. The second-order valence-corrected chi connectivity index (χ2v) is 19.5. The first kappa shape index (κ1) is 48.4. The van der Waals surface area contributed by atoms with Gasteiger partial charge in [-0.3, -0.25) is 48.5 Å². The molecule has 0 aromatic carbocycles. The topological polar surface area (TPSA) is 310 Å². The second kappa shape index (κ2) is 17.1. The van der Waals surface area contributed by atoms with Crippen LogP contribution in [0.5, 0.6) is 0 Å². The van der Waals surface area contributed by atoms with E-state index in [-0.39, 0.29) is 56.4 Å². The number of nitrogens with zero attached hydrogens (tertiary/aromatic N) is 3. The molecule has 1 unspecified atom stereocenters. The number of carbonyl (C=O) groups is 7. The van der Waals surface area contributed by atoms with Crippen molar-refractivity contribution in [3.8, 4) is 0 Å². The zero-order valence-electron chi connectivity index (χ0n) is 37.1. The zero-order valence-corrected chi connectivity index (χ0v) is 37.1. The van der Waals surface area contributed by atoms with E-state index in [4.69, 9.17) is 15.0 Å². The number of aliphatic imine (C=N–C) groups is 3. The van der Waals surface area contributed by atoms with Crippen LogP contribution in [0.2, 0.25) is 0 Å². The minimum atomic E-state index is -1.58. The Labute approximate surface area is 365 Å². The smallest absolute Gasteiger partial charge is 0.304 e. The number of hydrogen-bond donors (Lipinski definition) is 8. The van der Waals surface area contributed by atoms with Crippen LogP contribution >= 0.6 is 0 Å². The van der Waals surface area contributed by atoms with Crippen molar-refractivity contribution in [3.05, 3.63) is 34.3 Å². The van der Waals surface area contributed by atoms with Crippen LogP contribution in [0.1, 0.15) is 126 Å². The molecule has 0 spiro atoms. The third kappa shape index (κ3) is 8.56. The fourth-order valence-corrected chi connectivity index (χ4v) is 11.8. The van der Waals surface area contributed by atoms with E-state index in [0.717, 1.165) is 0 Å². The van der Waals surface area contributed by atoms with Gasteiger partial charge in [-0.1, -0.05) is 34.6 Å². The summed E-state index contributed by atoms with van der Waals surface area (Å²) < 4.78 is 0. The van der Waals surface area contributed by atoms with Crippen LogP contribution in [-0.2, 0) is 33.6 Å². The normalized spacial score (nSPS) is 36.2. The summed E-state index contributed by atoms with van der Waals surface area (Å²) >= 11 is 0. The van der Waals surface area contributed by atoms with Gasteiger partial charge in [0.2, 0.25) is 0 Å². The molecule has 0 aromatic heterocycles. The monoisotopic (exact) mass is 880 g/mol.